The summed E-state index contributed by atoms with van der Waals surface area (Å²) in [6, 6.07) is 17.3. The first-order valence-corrected chi connectivity index (χ1v) is 14.5. The van der Waals surface area contributed by atoms with Gasteiger partial charge >= 0.3 is 0 Å². The van der Waals surface area contributed by atoms with Crippen molar-refractivity contribution in [3.63, 3.8) is 0 Å². The second kappa shape index (κ2) is 13.9. The van der Waals surface area contributed by atoms with E-state index < -0.39 is 28.5 Å². The number of hydrogen-bond acceptors (Lipinski definition) is 7. The van der Waals surface area contributed by atoms with Gasteiger partial charge in [-0.15, -0.1) is 0 Å². The molecule has 2 amide bonds. The second-order valence-electron chi connectivity index (χ2n) is 9.19. The molecule has 0 radical (unpaired) electrons. The van der Waals surface area contributed by atoms with E-state index in [2.05, 4.69) is 5.32 Å². The van der Waals surface area contributed by atoms with Crippen LogP contribution in [0.15, 0.2) is 71.6 Å². The Bertz CT molecular complexity index is 1460. The number of amides is 2. The molecule has 0 unspecified atom stereocenters. The van der Waals surface area contributed by atoms with Crippen molar-refractivity contribution in [2.75, 3.05) is 38.7 Å². The van der Waals surface area contributed by atoms with Gasteiger partial charge in [-0.05, 0) is 68.3 Å². The highest BCUT2D eigenvalue weighted by Crippen LogP contribution is 2.33. The van der Waals surface area contributed by atoms with E-state index in [1.165, 1.54) is 44.4 Å². The van der Waals surface area contributed by atoms with Crippen molar-refractivity contribution in [1.82, 2.24) is 10.2 Å². The van der Waals surface area contributed by atoms with E-state index in [9.17, 15) is 18.0 Å². The molecule has 0 saturated carbocycles. The monoisotopic (exact) mass is 583 g/mol. The van der Waals surface area contributed by atoms with E-state index in [1.807, 2.05) is 38.1 Å². The minimum Gasteiger partial charge on any atom is -0.494 e. The zero-order chi connectivity index (χ0) is 30.2. The number of nitrogens with one attached hydrogen (secondary N) is 1. The molecule has 0 heterocycles. The molecule has 10 nitrogen and oxygen atoms in total. The number of rotatable bonds is 13. The van der Waals surface area contributed by atoms with E-state index in [0.29, 0.717) is 18.1 Å². The summed E-state index contributed by atoms with van der Waals surface area (Å²) in [4.78, 5) is 27.9. The highest BCUT2D eigenvalue weighted by Gasteiger charge is 2.33. The van der Waals surface area contributed by atoms with Gasteiger partial charge in [0.15, 0.2) is 11.5 Å². The minimum absolute atomic E-state index is 0.0957. The van der Waals surface area contributed by atoms with Crippen molar-refractivity contribution >= 4 is 27.5 Å². The highest BCUT2D eigenvalue weighted by molar-refractivity contribution is 7.92. The quantitative estimate of drug-likeness (QED) is 0.326. The number of nitrogens with zero attached hydrogens (tertiary/aromatic N) is 2. The summed E-state index contributed by atoms with van der Waals surface area (Å²) in [7, 11) is 0.0604. The predicted octanol–water partition coefficient (Wildman–Crippen LogP) is 3.77. The molecule has 3 rings (SSSR count). The average molecular weight is 584 g/mol. The number of carbonyl (C=O) groups excluding carboxylic acids is 2. The summed E-state index contributed by atoms with van der Waals surface area (Å²) in [5.41, 5.74) is 2.03. The molecule has 0 aliphatic heterocycles. The van der Waals surface area contributed by atoms with Crippen LogP contribution in [0.1, 0.15) is 25.0 Å². The predicted molar refractivity (Wildman–Crippen MR) is 157 cm³/mol. The third-order valence-electron chi connectivity index (χ3n) is 6.67. The molecule has 220 valence electrons. The van der Waals surface area contributed by atoms with Crippen molar-refractivity contribution in [1.29, 1.82) is 0 Å². The van der Waals surface area contributed by atoms with Crippen molar-refractivity contribution in [3.05, 3.63) is 77.9 Å². The van der Waals surface area contributed by atoms with Gasteiger partial charge in [-0.25, -0.2) is 8.42 Å². The van der Waals surface area contributed by atoms with Crippen LogP contribution in [0.4, 0.5) is 5.69 Å². The molecule has 0 bridgehead atoms. The van der Waals surface area contributed by atoms with Crippen LogP contribution < -0.4 is 23.8 Å². The Balaban J connectivity index is 2.09. The van der Waals surface area contributed by atoms with Gasteiger partial charge in [-0.3, -0.25) is 13.9 Å². The SMILES string of the molecule is CCOc1ccc(N(CC(=O)N(Cc2ccccc2C)[C@H](C)C(=O)NC)S(=O)(=O)c2ccc(OC)c(OC)c2)cc1. The Kier molecular flexibility index (Phi) is 10.6. The summed E-state index contributed by atoms with van der Waals surface area (Å²) >= 11 is 0. The van der Waals surface area contributed by atoms with Crippen LogP contribution in [0.3, 0.4) is 0 Å². The van der Waals surface area contributed by atoms with Crippen molar-refractivity contribution in [3.8, 4) is 17.2 Å². The molecule has 41 heavy (non-hydrogen) atoms. The number of likely N-dealkylation sites (N-methyl/N-ethyl adjacent to an activating group) is 1. The lowest BCUT2D eigenvalue weighted by atomic mass is 10.1. The van der Waals surface area contributed by atoms with Gasteiger partial charge in [0, 0.05) is 19.7 Å². The first-order chi connectivity index (χ1) is 19.6. The van der Waals surface area contributed by atoms with Crippen LogP contribution in [0, 0.1) is 6.92 Å². The molecule has 11 heteroatoms. The van der Waals surface area contributed by atoms with Crippen LogP contribution in [0.25, 0.3) is 0 Å². The summed E-state index contributed by atoms with van der Waals surface area (Å²) < 4.78 is 45.3. The minimum atomic E-state index is -4.29. The average Bonchev–Trinajstić information content (AvgIpc) is 2.98. The van der Waals surface area contributed by atoms with Crippen LogP contribution in [0.2, 0.25) is 0 Å². The third-order valence-corrected chi connectivity index (χ3v) is 8.44. The van der Waals surface area contributed by atoms with Gasteiger partial charge in [-0.1, -0.05) is 24.3 Å². The van der Waals surface area contributed by atoms with Crippen molar-refractivity contribution in [2.45, 2.75) is 38.3 Å². The molecular weight excluding hydrogens is 546 g/mol. The molecule has 0 aromatic heterocycles. The summed E-state index contributed by atoms with van der Waals surface area (Å²) in [5, 5.41) is 2.58. The zero-order valence-electron chi connectivity index (χ0n) is 24.2. The maximum absolute atomic E-state index is 14.1. The van der Waals surface area contributed by atoms with Crippen molar-refractivity contribution < 1.29 is 32.2 Å². The molecule has 3 aromatic carbocycles. The zero-order valence-corrected chi connectivity index (χ0v) is 25.0. The van der Waals surface area contributed by atoms with E-state index in [0.717, 1.165) is 15.4 Å². The van der Waals surface area contributed by atoms with Gasteiger partial charge in [0.1, 0.15) is 18.3 Å². The molecular formula is C30H37N3O7S. The number of sulfonamides is 1. The standard InChI is InChI=1S/C30H37N3O7S/c1-7-40-25-14-12-24(13-15-25)33(41(36,37)26-16-17-27(38-5)28(18-26)39-6)20-29(34)32(22(3)30(35)31-4)19-23-11-9-8-10-21(23)2/h8-18,22H,7,19-20H2,1-6H3,(H,31,35)/t22-/m1/s1. The molecule has 1 atom stereocenters. The number of carbonyl (C=O) groups is 2. The van der Waals surface area contributed by atoms with Crippen LogP contribution in [0.5, 0.6) is 17.2 Å². The number of benzene rings is 3. The Hall–Kier alpha value is -4.25. The fourth-order valence-electron chi connectivity index (χ4n) is 4.27. The Morgan fingerprint density at radius 3 is 2.20 bits per heavy atom. The maximum atomic E-state index is 14.1. The first-order valence-electron chi connectivity index (χ1n) is 13.1. The number of methoxy groups -OCH3 is 2. The number of ether oxygens (including phenoxy) is 3. The van der Waals surface area contributed by atoms with Crippen LogP contribution in [-0.4, -0.2) is 65.6 Å². The number of hydrogen-bond donors (Lipinski definition) is 1. The fraction of sp³-hybridized carbons (Fsp3) is 0.333. The van der Waals surface area contributed by atoms with Crippen LogP contribution >= 0.6 is 0 Å². The second-order valence-corrected chi connectivity index (χ2v) is 11.1. The number of anilines is 1. The lowest BCUT2D eigenvalue weighted by Crippen LogP contribution is -2.50. The normalized spacial score (nSPS) is 11.8. The van der Waals surface area contributed by atoms with E-state index in [-0.39, 0.29) is 28.8 Å². The van der Waals surface area contributed by atoms with Gasteiger partial charge in [-0.2, -0.15) is 0 Å². The fourth-order valence-corrected chi connectivity index (χ4v) is 5.70. The van der Waals surface area contributed by atoms with Gasteiger partial charge < -0.3 is 24.4 Å². The highest BCUT2D eigenvalue weighted by atomic mass is 32.2. The molecule has 0 aliphatic carbocycles. The molecule has 0 fully saturated rings. The lowest BCUT2D eigenvalue weighted by molar-refractivity contribution is -0.139. The number of aryl methyl sites for hydroxylation is 1. The molecule has 1 N–H and O–H groups in total. The van der Waals surface area contributed by atoms with Gasteiger partial charge in [0.25, 0.3) is 10.0 Å². The van der Waals surface area contributed by atoms with E-state index >= 15 is 0 Å². The topological polar surface area (TPSA) is 114 Å². The molecule has 0 aliphatic rings. The van der Waals surface area contributed by atoms with Crippen molar-refractivity contribution in [2.24, 2.45) is 0 Å². The van der Waals surface area contributed by atoms with Gasteiger partial charge in [0.2, 0.25) is 11.8 Å². The lowest BCUT2D eigenvalue weighted by Gasteiger charge is -2.32. The Morgan fingerprint density at radius 1 is 0.951 bits per heavy atom. The van der Waals surface area contributed by atoms with Crippen LogP contribution in [-0.2, 0) is 26.2 Å². The van der Waals surface area contributed by atoms with E-state index in [4.69, 9.17) is 14.2 Å². The van der Waals surface area contributed by atoms with Gasteiger partial charge in [0.05, 0.1) is 31.4 Å². The van der Waals surface area contributed by atoms with E-state index in [1.54, 1.807) is 31.2 Å². The molecule has 3 aromatic rings. The molecule has 0 saturated heterocycles. The Morgan fingerprint density at radius 2 is 1.61 bits per heavy atom. The maximum Gasteiger partial charge on any atom is 0.264 e. The molecule has 0 spiro atoms. The summed E-state index contributed by atoms with van der Waals surface area (Å²) in [5.74, 6) is 0.213. The Labute approximate surface area is 241 Å². The summed E-state index contributed by atoms with van der Waals surface area (Å²) in [6.45, 7) is 5.37. The third kappa shape index (κ3) is 7.29. The smallest absolute Gasteiger partial charge is 0.264 e. The first kappa shape index (κ1) is 31.3. The largest absolute Gasteiger partial charge is 0.494 e. The summed E-state index contributed by atoms with van der Waals surface area (Å²) in [6.07, 6.45) is 0.